The highest BCUT2D eigenvalue weighted by Crippen LogP contribution is 2.44. The Bertz CT molecular complexity index is 1360. The number of azo groups is 1. The van der Waals surface area contributed by atoms with Crippen molar-refractivity contribution in [2.75, 3.05) is 0 Å². The molecule has 0 amide bonds. The molecule has 6 rings (SSSR count). The molecule has 0 fully saturated rings. The molecule has 0 aromatic heterocycles. The van der Waals surface area contributed by atoms with Gasteiger partial charge >= 0.3 is 0 Å². The van der Waals surface area contributed by atoms with Gasteiger partial charge in [0.1, 0.15) is 11.1 Å². The first-order chi connectivity index (χ1) is 16.4. The predicted molar refractivity (Wildman–Crippen MR) is 155 cm³/mol. The SMILES string of the molecule is CC(C)(N=NC(C)(C)c1cccc2c1Cc1ccccc1-2)c1cccc2c1Cc1ccccc1-2.Cl.Cl. The molecule has 184 valence electrons. The zero-order valence-corrected chi connectivity index (χ0v) is 22.8. The number of halogens is 2. The van der Waals surface area contributed by atoms with Crippen molar-refractivity contribution in [2.24, 2.45) is 10.2 Å². The molecule has 2 aliphatic carbocycles. The summed E-state index contributed by atoms with van der Waals surface area (Å²) in [4.78, 5) is 0. The zero-order valence-electron chi connectivity index (χ0n) is 21.2. The molecule has 4 heteroatoms. The minimum absolute atomic E-state index is 0. The monoisotopic (exact) mass is 514 g/mol. The van der Waals surface area contributed by atoms with Crippen LogP contribution in [0.3, 0.4) is 0 Å². The number of rotatable bonds is 4. The molecule has 0 atom stereocenters. The maximum Gasteiger partial charge on any atom is 0.101 e. The van der Waals surface area contributed by atoms with Crippen LogP contribution in [-0.2, 0) is 23.9 Å². The molecule has 2 aliphatic rings. The van der Waals surface area contributed by atoms with Crippen molar-refractivity contribution in [2.45, 2.75) is 51.6 Å². The summed E-state index contributed by atoms with van der Waals surface area (Å²) in [5.41, 5.74) is 12.7. The first-order valence-electron chi connectivity index (χ1n) is 12.2. The van der Waals surface area contributed by atoms with Gasteiger partial charge in [-0.15, -0.1) is 24.8 Å². The Labute approximate surface area is 226 Å². The van der Waals surface area contributed by atoms with E-state index in [0.29, 0.717) is 0 Å². The smallest absolute Gasteiger partial charge is 0.101 e. The van der Waals surface area contributed by atoms with E-state index >= 15 is 0 Å². The molecule has 36 heavy (non-hydrogen) atoms. The third-order valence-electron chi connectivity index (χ3n) is 7.57. The van der Waals surface area contributed by atoms with E-state index in [-0.39, 0.29) is 24.8 Å². The van der Waals surface area contributed by atoms with Crippen molar-refractivity contribution in [3.63, 3.8) is 0 Å². The summed E-state index contributed by atoms with van der Waals surface area (Å²) < 4.78 is 0. The number of hydrogen-bond acceptors (Lipinski definition) is 2. The third-order valence-corrected chi connectivity index (χ3v) is 7.57. The lowest BCUT2D eigenvalue weighted by molar-refractivity contribution is 0.436. The Morgan fingerprint density at radius 2 is 0.833 bits per heavy atom. The molecule has 0 aliphatic heterocycles. The second kappa shape index (κ2) is 9.50. The average Bonchev–Trinajstić information content (AvgIpc) is 3.41. The summed E-state index contributed by atoms with van der Waals surface area (Å²) in [7, 11) is 0. The second-order valence-corrected chi connectivity index (χ2v) is 10.6. The fourth-order valence-electron chi connectivity index (χ4n) is 5.82. The van der Waals surface area contributed by atoms with Gasteiger partial charge in [0.15, 0.2) is 0 Å². The molecule has 0 saturated heterocycles. The molecule has 2 nitrogen and oxygen atoms in total. The minimum Gasteiger partial charge on any atom is -0.182 e. The highest BCUT2D eigenvalue weighted by atomic mass is 35.5. The largest absolute Gasteiger partial charge is 0.182 e. The van der Waals surface area contributed by atoms with Gasteiger partial charge in [0.05, 0.1) is 0 Å². The second-order valence-electron chi connectivity index (χ2n) is 10.6. The van der Waals surface area contributed by atoms with Crippen molar-refractivity contribution >= 4 is 24.8 Å². The molecular formula is C32H32Cl2N2. The number of hydrogen-bond donors (Lipinski definition) is 0. The van der Waals surface area contributed by atoms with Crippen LogP contribution < -0.4 is 0 Å². The van der Waals surface area contributed by atoms with Gasteiger partial charge in [-0.1, -0.05) is 84.9 Å². The summed E-state index contributed by atoms with van der Waals surface area (Å²) in [5.74, 6) is 0. The summed E-state index contributed by atoms with van der Waals surface area (Å²) in [6.07, 6.45) is 1.93. The van der Waals surface area contributed by atoms with Gasteiger partial charge in [-0.05, 0) is 96.2 Å². The van der Waals surface area contributed by atoms with Crippen LogP contribution in [0, 0.1) is 0 Å². The van der Waals surface area contributed by atoms with E-state index in [2.05, 4.69) is 113 Å². The Balaban J connectivity index is 0.00000152. The molecule has 4 aromatic rings. The van der Waals surface area contributed by atoms with Crippen molar-refractivity contribution < 1.29 is 0 Å². The fraction of sp³-hybridized carbons (Fsp3) is 0.250. The van der Waals surface area contributed by atoms with Crippen molar-refractivity contribution in [3.8, 4) is 22.3 Å². The van der Waals surface area contributed by atoms with Crippen molar-refractivity contribution in [1.82, 2.24) is 0 Å². The predicted octanol–water partition coefficient (Wildman–Crippen LogP) is 9.30. The molecule has 0 radical (unpaired) electrons. The van der Waals surface area contributed by atoms with E-state index in [0.717, 1.165) is 12.8 Å². The number of benzene rings is 4. The van der Waals surface area contributed by atoms with Crippen LogP contribution in [-0.4, -0.2) is 0 Å². The van der Waals surface area contributed by atoms with Crippen LogP contribution in [0.2, 0.25) is 0 Å². The Kier molecular flexibility index (Phi) is 6.90. The highest BCUT2D eigenvalue weighted by molar-refractivity contribution is 5.85. The molecule has 0 saturated carbocycles. The van der Waals surface area contributed by atoms with Crippen molar-refractivity contribution in [1.29, 1.82) is 0 Å². The molecule has 0 N–H and O–H groups in total. The van der Waals surface area contributed by atoms with Gasteiger partial charge < -0.3 is 0 Å². The van der Waals surface area contributed by atoms with Gasteiger partial charge in [-0.3, -0.25) is 0 Å². The lowest BCUT2D eigenvalue weighted by Crippen LogP contribution is -2.20. The third kappa shape index (κ3) is 4.17. The lowest BCUT2D eigenvalue weighted by atomic mass is 9.87. The van der Waals surface area contributed by atoms with Gasteiger partial charge in [-0.25, -0.2) is 0 Å². The summed E-state index contributed by atoms with van der Waals surface area (Å²) in [6.45, 7) is 8.76. The average molecular weight is 516 g/mol. The molecule has 0 bridgehead atoms. The molecule has 0 spiro atoms. The summed E-state index contributed by atoms with van der Waals surface area (Å²) in [5, 5.41) is 10.0. The van der Waals surface area contributed by atoms with Gasteiger partial charge in [-0.2, -0.15) is 10.2 Å². The van der Waals surface area contributed by atoms with E-state index in [4.69, 9.17) is 10.2 Å². The maximum absolute atomic E-state index is 5.01. The van der Waals surface area contributed by atoms with E-state index < -0.39 is 11.1 Å². The topological polar surface area (TPSA) is 24.7 Å². The lowest BCUT2D eigenvalue weighted by Gasteiger charge is -2.27. The zero-order chi connectivity index (χ0) is 23.5. The Hall–Kier alpha value is -2.94. The van der Waals surface area contributed by atoms with E-state index in [1.54, 1.807) is 0 Å². The van der Waals surface area contributed by atoms with Gasteiger partial charge in [0, 0.05) is 0 Å². The number of fused-ring (bicyclic) bond motifs is 6. The number of nitrogens with zero attached hydrogens (tertiary/aromatic N) is 2. The normalized spacial score (nSPS) is 13.3. The van der Waals surface area contributed by atoms with E-state index in [1.165, 1.54) is 55.6 Å². The molecular weight excluding hydrogens is 483 g/mol. The summed E-state index contributed by atoms with van der Waals surface area (Å²) >= 11 is 0. The maximum atomic E-state index is 5.01. The summed E-state index contributed by atoms with van der Waals surface area (Å²) in [6, 6.07) is 30.8. The van der Waals surface area contributed by atoms with Crippen molar-refractivity contribution in [3.05, 3.63) is 118 Å². The van der Waals surface area contributed by atoms with Crippen LogP contribution >= 0.6 is 24.8 Å². The minimum atomic E-state index is -0.411. The first-order valence-corrected chi connectivity index (χ1v) is 12.2. The van der Waals surface area contributed by atoms with E-state index in [1.807, 2.05) is 0 Å². The van der Waals surface area contributed by atoms with Crippen LogP contribution in [0.15, 0.2) is 95.2 Å². The van der Waals surface area contributed by atoms with Crippen LogP contribution in [0.4, 0.5) is 0 Å². The van der Waals surface area contributed by atoms with E-state index in [9.17, 15) is 0 Å². The van der Waals surface area contributed by atoms with Crippen LogP contribution in [0.1, 0.15) is 61.1 Å². The van der Waals surface area contributed by atoms with Crippen LogP contribution in [0.5, 0.6) is 0 Å². The quantitative estimate of drug-likeness (QED) is 0.209. The van der Waals surface area contributed by atoms with Gasteiger partial charge in [0.25, 0.3) is 0 Å². The standard InChI is InChI=1S/C32H30N2.2ClH/c1-31(2,29-17-9-15-25-23-13-7-5-11-21(23)19-27(25)29)33-34-32(3,4)30-18-10-16-26-24-14-8-6-12-22(24)20-28(26)30;;/h5-18H,19-20H2,1-4H3;2*1H. The Morgan fingerprint density at radius 3 is 1.25 bits per heavy atom. The molecule has 0 heterocycles. The first kappa shape index (κ1) is 26.1. The van der Waals surface area contributed by atoms with Gasteiger partial charge in [0.2, 0.25) is 0 Å². The highest BCUT2D eigenvalue weighted by Gasteiger charge is 2.32. The molecule has 4 aromatic carbocycles. The molecule has 0 unspecified atom stereocenters. The van der Waals surface area contributed by atoms with Crippen LogP contribution in [0.25, 0.3) is 22.3 Å². The Morgan fingerprint density at radius 1 is 0.472 bits per heavy atom. The fourth-order valence-corrected chi connectivity index (χ4v) is 5.82.